The van der Waals surface area contributed by atoms with Crippen LogP contribution in [0.3, 0.4) is 0 Å². The van der Waals surface area contributed by atoms with Gasteiger partial charge in [0.2, 0.25) is 0 Å². The van der Waals surface area contributed by atoms with Gasteiger partial charge >= 0.3 is 0 Å². The first-order valence-electron chi connectivity index (χ1n) is 6.60. The summed E-state index contributed by atoms with van der Waals surface area (Å²) in [6.45, 7) is 1.11. The van der Waals surface area contributed by atoms with E-state index in [0.717, 1.165) is 4.47 Å². The number of amides is 2. The maximum atomic E-state index is 12.1. The van der Waals surface area contributed by atoms with Crippen molar-refractivity contribution in [3.63, 3.8) is 0 Å². The molecule has 0 spiro atoms. The van der Waals surface area contributed by atoms with Crippen molar-refractivity contribution in [3.05, 3.63) is 34.3 Å². The van der Waals surface area contributed by atoms with E-state index in [0.29, 0.717) is 31.5 Å². The van der Waals surface area contributed by atoms with Crippen LogP contribution in [0.25, 0.3) is 0 Å². The van der Waals surface area contributed by atoms with E-state index in [1.807, 2.05) is 12.1 Å². The summed E-state index contributed by atoms with van der Waals surface area (Å²) in [6.07, 6.45) is 1.40. The van der Waals surface area contributed by atoms with Crippen LogP contribution in [0.1, 0.15) is 23.2 Å². The highest BCUT2D eigenvalue weighted by atomic mass is 79.9. The molecule has 7 heteroatoms. The highest BCUT2D eigenvalue weighted by molar-refractivity contribution is 9.10. The molecular formula is C14H15BrCl2N2O2. The number of carbonyl (C=O) groups is 2. The van der Waals surface area contributed by atoms with Crippen LogP contribution in [0.4, 0.5) is 0 Å². The third kappa shape index (κ3) is 4.59. The molecule has 0 bridgehead atoms. The van der Waals surface area contributed by atoms with Gasteiger partial charge in [-0.05, 0) is 31.0 Å². The Labute approximate surface area is 141 Å². The van der Waals surface area contributed by atoms with Gasteiger partial charge in [-0.25, -0.2) is 0 Å². The maximum absolute atomic E-state index is 12.1. The van der Waals surface area contributed by atoms with Crippen molar-refractivity contribution >= 4 is 50.9 Å². The van der Waals surface area contributed by atoms with Gasteiger partial charge in [0.15, 0.2) is 4.84 Å². The standard InChI is InChI=1S/C14H15BrCl2N2O2/c15-10-3-1-2-9(8-10)13(20)18-11-4-6-19(7-5-11)14(21)12(16)17/h1-3,8,11-12H,4-7H2,(H,18,20). The maximum Gasteiger partial charge on any atom is 0.255 e. The Kier molecular flexibility index (Phi) is 5.90. The van der Waals surface area contributed by atoms with E-state index in [2.05, 4.69) is 21.2 Å². The first-order valence-corrected chi connectivity index (χ1v) is 8.27. The van der Waals surface area contributed by atoms with Crippen LogP contribution >= 0.6 is 39.1 Å². The molecule has 4 nitrogen and oxygen atoms in total. The summed E-state index contributed by atoms with van der Waals surface area (Å²) in [5.41, 5.74) is 0.615. The van der Waals surface area contributed by atoms with Crippen LogP contribution in [0.2, 0.25) is 0 Å². The summed E-state index contributed by atoms with van der Waals surface area (Å²) >= 11 is 14.5. The fourth-order valence-electron chi connectivity index (χ4n) is 2.28. The molecule has 114 valence electrons. The zero-order valence-corrected chi connectivity index (χ0v) is 14.3. The molecule has 0 aromatic heterocycles. The number of alkyl halides is 2. The Bertz CT molecular complexity index is 531. The average molecular weight is 394 g/mol. The highest BCUT2D eigenvalue weighted by Crippen LogP contribution is 2.16. The third-order valence-corrected chi connectivity index (χ3v) is 4.28. The van der Waals surface area contributed by atoms with Crippen LogP contribution in [-0.2, 0) is 4.79 Å². The molecule has 0 saturated carbocycles. The molecule has 1 aromatic carbocycles. The van der Waals surface area contributed by atoms with Gasteiger partial charge < -0.3 is 10.2 Å². The monoisotopic (exact) mass is 392 g/mol. The number of likely N-dealkylation sites (tertiary alicyclic amines) is 1. The molecule has 1 aliphatic rings. The van der Waals surface area contributed by atoms with Gasteiger partial charge in [-0.3, -0.25) is 9.59 Å². The minimum Gasteiger partial charge on any atom is -0.349 e. The summed E-state index contributed by atoms with van der Waals surface area (Å²) in [5, 5.41) is 2.99. The minimum absolute atomic E-state index is 0.0598. The second-order valence-electron chi connectivity index (χ2n) is 4.88. The molecule has 2 amide bonds. The van der Waals surface area contributed by atoms with E-state index in [9.17, 15) is 9.59 Å². The normalized spacial score (nSPS) is 16.1. The number of hydrogen-bond acceptors (Lipinski definition) is 2. The lowest BCUT2D eigenvalue weighted by Crippen LogP contribution is -2.47. The lowest BCUT2D eigenvalue weighted by molar-refractivity contribution is -0.130. The Morgan fingerprint density at radius 2 is 1.95 bits per heavy atom. The molecule has 1 aliphatic heterocycles. The summed E-state index contributed by atoms with van der Waals surface area (Å²) in [7, 11) is 0. The second kappa shape index (κ2) is 7.47. The predicted octanol–water partition coefficient (Wildman–Crippen LogP) is 2.97. The van der Waals surface area contributed by atoms with Crippen LogP contribution in [-0.4, -0.2) is 40.7 Å². The Hall–Kier alpha value is -0.780. The van der Waals surface area contributed by atoms with E-state index in [4.69, 9.17) is 23.2 Å². The van der Waals surface area contributed by atoms with E-state index in [-0.39, 0.29) is 17.9 Å². The second-order valence-corrected chi connectivity index (χ2v) is 6.90. The zero-order valence-electron chi connectivity index (χ0n) is 11.2. The number of benzene rings is 1. The quantitative estimate of drug-likeness (QED) is 0.802. The van der Waals surface area contributed by atoms with Gasteiger partial charge in [0.25, 0.3) is 11.8 Å². The van der Waals surface area contributed by atoms with E-state index in [1.54, 1.807) is 17.0 Å². The van der Waals surface area contributed by atoms with Crippen molar-refractivity contribution in [2.24, 2.45) is 0 Å². The number of nitrogens with zero attached hydrogens (tertiary/aromatic N) is 1. The molecule has 0 atom stereocenters. The van der Waals surface area contributed by atoms with E-state index < -0.39 is 4.84 Å². The van der Waals surface area contributed by atoms with Gasteiger partial charge in [-0.2, -0.15) is 0 Å². The number of nitrogens with one attached hydrogen (secondary N) is 1. The minimum atomic E-state index is -1.02. The Morgan fingerprint density at radius 3 is 2.52 bits per heavy atom. The first kappa shape index (κ1) is 16.6. The van der Waals surface area contributed by atoms with Gasteiger partial charge in [0, 0.05) is 29.2 Å². The molecule has 21 heavy (non-hydrogen) atoms. The number of carbonyl (C=O) groups excluding carboxylic acids is 2. The fourth-order valence-corrected chi connectivity index (χ4v) is 2.96. The van der Waals surface area contributed by atoms with Crippen molar-refractivity contribution in [2.75, 3.05) is 13.1 Å². The fraction of sp³-hybridized carbons (Fsp3) is 0.429. The molecular weight excluding hydrogens is 379 g/mol. The van der Waals surface area contributed by atoms with E-state index in [1.165, 1.54) is 0 Å². The number of hydrogen-bond donors (Lipinski definition) is 1. The summed E-state index contributed by atoms with van der Waals surface area (Å²) in [4.78, 5) is 24.4. The van der Waals surface area contributed by atoms with Gasteiger partial charge in [-0.1, -0.05) is 45.2 Å². The first-order chi connectivity index (χ1) is 9.97. The van der Waals surface area contributed by atoms with Gasteiger partial charge in [0.1, 0.15) is 0 Å². The number of halogens is 3. The summed E-state index contributed by atoms with van der Waals surface area (Å²) < 4.78 is 0.867. The summed E-state index contributed by atoms with van der Waals surface area (Å²) in [5.74, 6) is -0.372. The zero-order chi connectivity index (χ0) is 15.4. The molecule has 1 saturated heterocycles. The smallest absolute Gasteiger partial charge is 0.255 e. The Balaban J connectivity index is 1.86. The highest BCUT2D eigenvalue weighted by Gasteiger charge is 2.26. The number of rotatable bonds is 3. The summed E-state index contributed by atoms with van der Waals surface area (Å²) in [6, 6.07) is 7.30. The topological polar surface area (TPSA) is 49.4 Å². The lowest BCUT2D eigenvalue weighted by atomic mass is 10.0. The lowest BCUT2D eigenvalue weighted by Gasteiger charge is -2.32. The van der Waals surface area contributed by atoms with Crippen molar-refractivity contribution in [1.29, 1.82) is 0 Å². The van der Waals surface area contributed by atoms with Crippen LogP contribution in [0.15, 0.2) is 28.7 Å². The molecule has 0 radical (unpaired) electrons. The van der Waals surface area contributed by atoms with Crippen LogP contribution in [0, 0.1) is 0 Å². The SMILES string of the molecule is O=C(NC1CCN(C(=O)C(Cl)Cl)CC1)c1cccc(Br)c1. The van der Waals surface area contributed by atoms with Crippen LogP contribution in [0.5, 0.6) is 0 Å². The van der Waals surface area contributed by atoms with Crippen molar-refractivity contribution < 1.29 is 9.59 Å². The third-order valence-electron chi connectivity index (χ3n) is 3.42. The molecule has 1 N–H and O–H groups in total. The molecule has 1 fully saturated rings. The van der Waals surface area contributed by atoms with Gasteiger partial charge in [0.05, 0.1) is 0 Å². The van der Waals surface area contributed by atoms with E-state index >= 15 is 0 Å². The Morgan fingerprint density at radius 1 is 1.29 bits per heavy atom. The van der Waals surface area contributed by atoms with Crippen molar-refractivity contribution in [3.8, 4) is 0 Å². The molecule has 0 aliphatic carbocycles. The van der Waals surface area contributed by atoms with Crippen molar-refractivity contribution in [2.45, 2.75) is 23.7 Å². The largest absolute Gasteiger partial charge is 0.349 e. The molecule has 0 unspecified atom stereocenters. The van der Waals surface area contributed by atoms with Crippen molar-refractivity contribution in [1.82, 2.24) is 10.2 Å². The van der Waals surface area contributed by atoms with Crippen LogP contribution < -0.4 is 5.32 Å². The molecule has 1 heterocycles. The molecule has 2 rings (SSSR count). The average Bonchev–Trinajstić information content (AvgIpc) is 2.47. The predicted molar refractivity (Wildman–Crippen MR) is 86.7 cm³/mol. The molecule has 1 aromatic rings. The number of piperidine rings is 1. The van der Waals surface area contributed by atoms with Gasteiger partial charge in [-0.15, -0.1) is 0 Å².